The largest absolute Gasteiger partial charge is 0.444 e. The molecule has 0 saturated carbocycles. The molecule has 1 aromatic carbocycles. The summed E-state index contributed by atoms with van der Waals surface area (Å²) in [6, 6.07) is 6.51. The Kier molecular flexibility index (Phi) is 11.2. The molecular weight excluding hydrogens is 410 g/mol. The minimum absolute atomic E-state index is 0.0510. The van der Waals surface area contributed by atoms with Crippen LogP contribution in [0.1, 0.15) is 71.6 Å². The van der Waals surface area contributed by atoms with Crippen LogP contribution in [0, 0.1) is 0 Å². The number of nitrogens with one attached hydrogen (secondary N) is 2. The van der Waals surface area contributed by atoms with Gasteiger partial charge in [0.2, 0.25) is 11.8 Å². The van der Waals surface area contributed by atoms with E-state index < -0.39 is 23.6 Å². The molecule has 0 radical (unpaired) electrons. The van der Waals surface area contributed by atoms with E-state index >= 15 is 0 Å². The predicted molar refractivity (Wildman–Crippen MR) is 124 cm³/mol. The maximum absolute atomic E-state index is 13.2. The number of carbonyl (C=O) groups excluding carboxylic acids is 3. The normalized spacial score (nSPS) is 13.1. The first-order chi connectivity index (χ1) is 15.0. The van der Waals surface area contributed by atoms with Crippen LogP contribution in [0.4, 0.5) is 4.79 Å². The maximum atomic E-state index is 13.2. The molecule has 3 N–H and O–H groups in total. The summed E-state index contributed by atoms with van der Waals surface area (Å²) in [6.45, 7) is 10.4. The summed E-state index contributed by atoms with van der Waals surface area (Å²) in [7, 11) is 0. The number of benzene rings is 1. The zero-order valence-electron chi connectivity index (χ0n) is 20.2. The molecule has 0 aliphatic heterocycles. The van der Waals surface area contributed by atoms with Gasteiger partial charge in [-0.05, 0) is 51.7 Å². The molecule has 2 unspecified atom stereocenters. The molecule has 0 aliphatic rings. The van der Waals surface area contributed by atoms with Crippen molar-refractivity contribution in [1.82, 2.24) is 15.5 Å². The molecule has 3 amide bonds. The quantitative estimate of drug-likeness (QED) is 0.481. The van der Waals surface area contributed by atoms with Gasteiger partial charge in [-0.15, -0.1) is 0 Å². The lowest BCUT2D eigenvalue weighted by Crippen LogP contribution is -2.50. The molecule has 180 valence electrons. The standard InChI is InChI=1S/C24H39N3O5/c1-7-9-17(3)26-22(30)21(19-12-10-18(8-2)11-13-19)27(14-15-28)20(29)16-25-23(31)32-24(4,5)6/h10-13,17,21,28H,7-9,14-16H2,1-6H3,(H,25,31)(H,26,30). The van der Waals surface area contributed by atoms with Gasteiger partial charge in [0.1, 0.15) is 18.2 Å². The van der Waals surface area contributed by atoms with Crippen molar-refractivity contribution in [2.24, 2.45) is 0 Å². The third-order valence-corrected chi connectivity index (χ3v) is 4.82. The molecule has 8 heteroatoms. The van der Waals surface area contributed by atoms with Crippen LogP contribution in [0.3, 0.4) is 0 Å². The van der Waals surface area contributed by atoms with Gasteiger partial charge >= 0.3 is 6.09 Å². The second-order valence-electron chi connectivity index (χ2n) is 8.86. The van der Waals surface area contributed by atoms with Gasteiger partial charge in [0, 0.05) is 12.6 Å². The first-order valence-electron chi connectivity index (χ1n) is 11.3. The van der Waals surface area contributed by atoms with Crippen LogP contribution in [-0.2, 0) is 20.7 Å². The summed E-state index contributed by atoms with van der Waals surface area (Å²) in [5, 5.41) is 15.0. The summed E-state index contributed by atoms with van der Waals surface area (Å²) in [5.41, 5.74) is 1.05. The molecule has 0 heterocycles. The summed E-state index contributed by atoms with van der Waals surface area (Å²) >= 11 is 0. The number of hydrogen-bond donors (Lipinski definition) is 3. The molecular formula is C24H39N3O5. The van der Waals surface area contributed by atoms with E-state index in [0.717, 1.165) is 24.8 Å². The highest BCUT2D eigenvalue weighted by Gasteiger charge is 2.32. The SMILES string of the molecule is CCCC(C)NC(=O)C(c1ccc(CC)cc1)N(CCO)C(=O)CNC(=O)OC(C)(C)C. The van der Waals surface area contributed by atoms with E-state index in [2.05, 4.69) is 10.6 Å². The maximum Gasteiger partial charge on any atom is 0.408 e. The fourth-order valence-corrected chi connectivity index (χ4v) is 3.30. The Hall–Kier alpha value is -2.61. The third-order valence-electron chi connectivity index (χ3n) is 4.82. The summed E-state index contributed by atoms with van der Waals surface area (Å²) < 4.78 is 5.18. The highest BCUT2D eigenvalue weighted by atomic mass is 16.6. The van der Waals surface area contributed by atoms with E-state index in [9.17, 15) is 19.5 Å². The zero-order valence-corrected chi connectivity index (χ0v) is 20.2. The van der Waals surface area contributed by atoms with Crippen molar-refractivity contribution in [3.63, 3.8) is 0 Å². The Labute approximate surface area is 191 Å². The molecule has 32 heavy (non-hydrogen) atoms. The summed E-state index contributed by atoms with van der Waals surface area (Å²) in [4.78, 5) is 39.5. The lowest BCUT2D eigenvalue weighted by Gasteiger charge is -2.32. The van der Waals surface area contributed by atoms with Gasteiger partial charge in [0.05, 0.1) is 6.61 Å². The van der Waals surface area contributed by atoms with Crippen LogP contribution >= 0.6 is 0 Å². The number of aliphatic hydroxyl groups is 1. The predicted octanol–water partition coefficient (Wildman–Crippen LogP) is 2.94. The van der Waals surface area contributed by atoms with Crippen molar-refractivity contribution >= 4 is 17.9 Å². The smallest absolute Gasteiger partial charge is 0.408 e. The zero-order chi connectivity index (χ0) is 24.3. The van der Waals surface area contributed by atoms with Crippen molar-refractivity contribution in [2.45, 2.75) is 78.5 Å². The van der Waals surface area contributed by atoms with E-state index in [4.69, 9.17) is 4.74 Å². The third kappa shape index (κ3) is 9.26. The van der Waals surface area contributed by atoms with Gasteiger partial charge in [-0.1, -0.05) is 44.5 Å². The second kappa shape index (κ2) is 13.1. The topological polar surface area (TPSA) is 108 Å². The molecule has 0 aromatic heterocycles. The number of amides is 3. The molecule has 1 aromatic rings. The van der Waals surface area contributed by atoms with Crippen molar-refractivity contribution < 1.29 is 24.2 Å². The lowest BCUT2D eigenvalue weighted by atomic mass is 10.0. The molecule has 8 nitrogen and oxygen atoms in total. The molecule has 1 rings (SSSR count). The average molecular weight is 450 g/mol. The van der Waals surface area contributed by atoms with E-state index in [1.54, 1.807) is 20.8 Å². The molecule has 0 saturated heterocycles. The van der Waals surface area contributed by atoms with E-state index in [1.807, 2.05) is 45.0 Å². The van der Waals surface area contributed by atoms with Gasteiger partial charge in [-0.3, -0.25) is 9.59 Å². The van der Waals surface area contributed by atoms with Gasteiger partial charge in [0.25, 0.3) is 0 Å². The lowest BCUT2D eigenvalue weighted by molar-refractivity contribution is -0.141. The first-order valence-corrected chi connectivity index (χ1v) is 11.3. The fraction of sp³-hybridized carbons (Fsp3) is 0.625. The first kappa shape index (κ1) is 27.4. The Morgan fingerprint density at radius 3 is 2.25 bits per heavy atom. The summed E-state index contributed by atoms with van der Waals surface area (Å²) in [5.74, 6) is -0.818. The molecule has 0 fully saturated rings. The van der Waals surface area contributed by atoms with Gasteiger partial charge in [0.15, 0.2) is 0 Å². The van der Waals surface area contributed by atoms with Gasteiger partial charge in [-0.25, -0.2) is 4.79 Å². The van der Waals surface area contributed by atoms with Crippen molar-refractivity contribution in [3.05, 3.63) is 35.4 Å². The highest BCUT2D eigenvalue weighted by Crippen LogP contribution is 2.23. The number of carbonyl (C=O) groups is 3. The number of aryl methyl sites for hydroxylation is 1. The minimum atomic E-state index is -0.930. The number of nitrogens with zero attached hydrogens (tertiary/aromatic N) is 1. The van der Waals surface area contributed by atoms with E-state index in [0.29, 0.717) is 5.56 Å². The number of ether oxygens (including phenoxy) is 1. The Morgan fingerprint density at radius 2 is 1.75 bits per heavy atom. The Balaban J connectivity index is 3.14. The highest BCUT2D eigenvalue weighted by molar-refractivity contribution is 5.90. The van der Waals surface area contributed by atoms with Crippen molar-refractivity contribution in [2.75, 3.05) is 19.7 Å². The van der Waals surface area contributed by atoms with Crippen molar-refractivity contribution in [1.29, 1.82) is 0 Å². The summed E-state index contributed by atoms with van der Waals surface area (Å²) in [6.07, 6.45) is 1.85. The fourth-order valence-electron chi connectivity index (χ4n) is 3.30. The monoisotopic (exact) mass is 449 g/mol. The van der Waals surface area contributed by atoms with Gasteiger partial charge < -0.3 is 25.4 Å². The van der Waals surface area contributed by atoms with Crippen LogP contribution in [0.25, 0.3) is 0 Å². The van der Waals surface area contributed by atoms with E-state index in [-0.39, 0.29) is 31.6 Å². The number of aliphatic hydroxyl groups excluding tert-OH is 1. The number of rotatable bonds is 11. The van der Waals surface area contributed by atoms with Gasteiger partial charge in [-0.2, -0.15) is 0 Å². The van der Waals surface area contributed by atoms with Crippen molar-refractivity contribution in [3.8, 4) is 0 Å². The van der Waals surface area contributed by atoms with Crippen LogP contribution in [0.5, 0.6) is 0 Å². The molecule has 0 aliphatic carbocycles. The molecule has 2 atom stereocenters. The second-order valence-corrected chi connectivity index (χ2v) is 8.86. The number of alkyl carbamates (subject to hydrolysis) is 1. The van der Waals surface area contributed by atoms with E-state index in [1.165, 1.54) is 4.90 Å². The van der Waals surface area contributed by atoms with Crippen LogP contribution < -0.4 is 10.6 Å². The minimum Gasteiger partial charge on any atom is -0.444 e. The van der Waals surface area contributed by atoms with Crippen LogP contribution in [0.2, 0.25) is 0 Å². The molecule has 0 bridgehead atoms. The van der Waals surface area contributed by atoms with Crippen LogP contribution in [0.15, 0.2) is 24.3 Å². The van der Waals surface area contributed by atoms with Crippen LogP contribution in [-0.4, -0.2) is 59.3 Å². The number of hydrogen-bond acceptors (Lipinski definition) is 5. The average Bonchev–Trinajstić information content (AvgIpc) is 2.71. The molecule has 0 spiro atoms. The Morgan fingerprint density at radius 1 is 1.12 bits per heavy atom. The Bertz CT molecular complexity index is 743.